The Kier molecular flexibility index (Phi) is 4.50. The van der Waals surface area contributed by atoms with Crippen LogP contribution in [-0.4, -0.2) is 56.4 Å². The third kappa shape index (κ3) is 2.61. The van der Waals surface area contributed by atoms with Crippen LogP contribution in [0.15, 0.2) is 5.76 Å². The van der Waals surface area contributed by atoms with Crippen LogP contribution >= 0.6 is 0 Å². The third-order valence-corrected chi connectivity index (χ3v) is 1.29. The van der Waals surface area contributed by atoms with Crippen molar-refractivity contribution in [1.82, 2.24) is 0 Å². The number of rotatable bonds is 4. The van der Waals surface area contributed by atoms with E-state index in [1.807, 2.05) is 0 Å². The third-order valence-electron chi connectivity index (χ3n) is 1.29. The highest BCUT2D eigenvalue weighted by Gasteiger charge is 2.27. The summed E-state index contributed by atoms with van der Waals surface area (Å²) in [6.45, 7) is -0.787. The van der Waals surface area contributed by atoms with Gasteiger partial charge >= 0.3 is 0 Å². The molecule has 3 atom stereocenters. The van der Waals surface area contributed by atoms with E-state index < -0.39 is 30.7 Å². The number of hydrogen-bond acceptors (Lipinski definition) is 6. The van der Waals surface area contributed by atoms with Gasteiger partial charge in [0.25, 0.3) is 0 Å². The molecule has 0 rings (SSSR count). The standard InChI is InChI=1S/C6H10O6/c7-1-3(9)5(11)6(12)4(10)2-8/h3,5-7,9-12H,1H2/t3?,5-,6-/m1/s1. The lowest BCUT2D eigenvalue weighted by molar-refractivity contribution is -0.0734. The Morgan fingerprint density at radius 2 is 1.83 bits per heavy atom. The van der Waals surface area contributed by atoms with Crippen molar-refractivity contribution in [2.45, 2.75) is 18.3 Å². The zero-order chi connectivity index (χ0) is 9.72. The molecule has 70 valence electrons. The summed E-state index contributed by atoms with van der Waals surface area (Å²) in [5.74, 6) is -0.172. The van der Waals surface area contributed by atoms with Crippen molar-refractivity contribution in [3.63, 3.8) is 0 Å². The van der Waals surface area contributed by atoms with Crippen LogP contribution in [0, 0.1) is 0 Å². The smallest absolute Gasteiger partial charge is 0.208 e. The highest BCUT2D eigenvalue weighted by molar-refractivity contribution is 5.50. The molecule has 0 heterocycles. The molecule has 0 spiro atoms. The Labute approximate surface area is 68.0 Å². The minimum Gasteiger partial charge on any atom is -0.500 e. The molecule has 0 fully saturated rings. The number of aliphatic hydroxyl groups excluding tert-OH is 5. The number of carbonyl (C=O) groups excluding carboxylic acids is 1. The van der Waals surface area contributed by atoms with Crippen LogP contribution in [0.3, 0.4) is 0 Å². The molecule has 0 aliphatic carbocycles. The van der Waals surface area contributed by atoms with E-state index in [0.29, 0.717) is 0 Å². The molecule has 1 unspecified atom stereocenters. The highest BCUT2D eigenvalue weighted by Crippen LogP contribution is 2.04. The molecule has 0 radical (unpaired) electrons. The minimum atomic E-state index is -1.93. The fraction of sp³-hybridized carbons (Fsp3) is 0.667. The quantitative estimate of drug-likeness (QED) is 0.237. The van der Waals surface area contributed by atoms with E-state index in [9.17, 15) is 4.79 Å². The van der Waals surface area contributed by atoms with Crippen molar-refractivity contribution >= 4 is 5.94 Å². The van der Waals surface area contributed by atoms with Crippen molar-refractivity contribution in [1.29, 1.82) is 0 Å². The fourth-order valence-electron chi connectivity index (χ4n) is 0.541. The van der Waals surface area contributed by atoms with Crippen LogP contribution in [0.4, 0.5) is 0 Å². The molecule has 12 heavy (non-hydrogen) atoms. The second-order valence-corrected chi connectivity index (χ2v) is 2.17. The zero-order valence-corrected chi connectivity index (χ0v) is 6.08. The van der Waals surface area contributed by atoms with Gasteiger partial charge in [-0.25, -0.2) is 4.79 Å². The van der Waals surface area contributed by atoms with E-state index in [-0.39, 0.29) is 0 Å². The van der Waals surface area contributed by atoms with E-state index >= 15 is 0 Å². The van der Waals surface area contributed by atoms with Crippen LogP contribution < -0.4 is 0 Å². The predicted molar refractivity (Wildman–Crippen MR) is 36.9 cm³/mol. The lowest BCUT2D eigenvalue weighted by Crippen LogP contribution is -2.40. The molecule has 0 amide bonds. The van der Waals surface area contributed by atoms with E-state index in [0.717, 1.165) is 5.94 Å². The van der Waals surface area contributed by atoms with Gasteiger partial charge in [-0.15, -0.1) is 0 Å². The first-order valence-electron chi connectivity index (χ1n) is 3.13. The molecule has 0 saturated carbocycles. The maximum Gasteiger partial charge on any atom is 0.208 e. The predicted octanol–water partition coefficient (Wildman–Crippen LogP) is -2.67. The summed E-state index contributed by atoms with van der Waals surface area (Å²) in [6.07, 6.45) is -5.35. The van der Waals surface area contributed by atoms with Crippen LogP contribution in [-0.2, 0) is 4.79 Å². The second-order valence-electron chi connectivity index (χ2n) is 2.17. The molecule has 0 aromatic heterocycles. The van der Waals surface area contributed by atoms with E-state index in [1.54, 1.807) is 0 Å². The highest BCUT2D eigenvalue weighted by atomic mass is 16.4. The maximum absolute atomic E-state index is 9.73. The Morgan fingerprint density at radius 3 is 2.17 bits per heavy atom. The first-order chi connectivity index (χ1) is 5.54. The van der Waals surface area contributed by atoms with Gasteiger partial charge in [0.05, 0.1) is 6.61 Å². The van der Waals surface area contributed by atoms with Crippen molar-refractivity contribution in [3.8, 4) is 0 Å². The Balaban J connectivity index is 4.28. The molecule has 0 aromatic rings. The van der Waals surface area contributed by atoms with Crippen LogP contribution in [0.5, 0.6) is 0 Å². The monoisotopic (exact) mass is 178 g/mol. The van der Waals surface area contributed by atoms with Crippen molar-refractivity contribution < 1.29 is 30.3 Å². The zero-order valence-electron chi connectivity index (χ0n) is 6.08. The lowest BCUT2D eigenvalue weighted by atomic mass is 10.1. The minimum absolute atomic E-state index is 0.787. The summed E-state index contributed by atoms with van der Waals surface area (Å²) in [7, 11) is 0. The van der Waals surface area contributed by atoms with Gasteiger partial charge in [-0.05, 0) is 0 Å². The first kappa shape index (κ1) is 11.1. The van der Waals surface area contributed by atoms with E-state index in [1.165, 1.54) is 0 Å². The summed E-state index contributed by atoms with van der Waals surface area (Å²) in [6, 6.07) is 0. The normalized spacial score (nSPS) is 17.7. The lowest BCUT2D eigenvalue weighted by Gasteiger charge is -2.18. The molecular formula is C6H10O6. The molecule has 0 saturated heterocycles. The largest absolute Gasteiger partial charge is 0.500 e. The Morgan fingerprint density at radius 1 is 1.33 bits per heavy atom. The number of aliphatic hydroxyl groups is 5. The van der Waals surface area contributed by atoms with E-state index in [4.69, 9.17) is 25.5 Å². The second kappa shape index (κ2) is 4.87. The first-order valence-corrected chi connectivity index (χ1v) is 3.13. The molecule has 6 heteroatoms. The molecule has 6 nitrogen and oxygen atoms in total. The molecule has 0 bridgehead atoms. The van der Waals surface area contributed by atoms with Gasteiger partial charge in [0.15, 0.2) is 12.0 Å². The van der Waals surface area contributed by atoms with Crippen LogP contribution in [0.2, 0.25) is 0 Å². The topological polar surface area (TPSA) is 118 Å². The Hall–Kier alpha value is -0.910. The van der Waals surface area contributed by atoms with Gasteiger partial charge in [0, 0.05) is 0 Å². The molecular weight excluding hydrogens is 168 g/mol. The van der Waals surface area contributed by atoms with Gasteiger partial charge < -0.3 is 25.5 Å². The van der Waals surface area contributed by atoms with Crippen molar-refractivity contribution in [2.75, 3.05) is 6.61 Å². The van der Waals surface area contributed by atoms with Gasteiger partial charge in [0.2, 0.25) is 5.76 Å². The van der Waals surface area contributed by atoms with Gasteiger partial charge in [0.1, 0.15) is 12.2 Å². The molecule has 0 aliphatic rings. The van der Waals surface area contributed by atoms with E-state index in [2.05, 4.69) is 0 Å². The maximum atomic E-state index is 9.73. The number of hydrogen-bond donors (Lipinski definition) is 5. The van der Waals surface area contributed by atoms with Gasteiger partial charge in [-0.3, -0.25) is 0 Å². The molecule has 0 aromatic carbocycles. The summed E-state index contributed by atoms with van der Waals surface area (Å²) < 4.78 is 0. The fourth-order valence-corrected chi connectivity index (χ4v) is 0.541. The SMILES string of the molecule is O=C=C(O)[C@@H](O)[C@H](O)C(O)CO. The Bertz CT molecular complexity index is 184. The van der Waals surface area contributed by atoms with Gasteiger partial charge in [-0.2, -0.15) is 0 Å². The van der Waals surface area contributed by atoms with Crippen molar-refractivity contribution in [2.24, 2.45) is 0 Å². The average Bonchev–Trinajstić information content (AvgIpc) is 2.12. The average molecular weight is 178 g/mol. The summed E-state index contributed by atoms with van der Waals surface area (Å²) in [5, 5.41) is 43.2. The molecule has 0 aliphatic heterocycles. The van der Waals surface area contributed by atoms with Crippen LogP contribution in [0.1, 0.15) is 0 Å². The summed E-state index contributed by atoms with van der Waals surface area (Å²) in [5.41, 5.74) is 0. The van der Waals surface area contributed by atoms with Gasteiger partial charge in [-0.1, -0.05) is 0 Å². The molecule has 5 N–H and O–H groups in total. The summed E-state index contributed by atoms with van der Waals surface area (Å²) >= 11 is 0. The van der Waals surface area contributed by atoms with Crippen molar-refractivity contribution in [3.05, 3.63) is 5.76 Å². The summed E-state index contributed by atoms with van der Waals surface area (Å²) in [4.78, 5) is 9.73. The van der Waals surface area contributed by atoms with Crippen LogP contribution in [0.25, 0.3) is 0 Å².